The zero-order chi connectivity index (χ0) is 18.5. The predicted molar refractivity (Wildman–Crippen MR) is 99.5 cm³/mol. The SMILES string of the molecule is C[C@@H]1OCc2c(-c3ccnc4[nH]ncc34)c(-c3ccc(F)cc3)nn2[C@H]1C. The fourth-order valence-electron chi connectivity index (χ4n) is 3.65. The first-order valence-electron chi connectivity index (χ1n) is 8.91. The van der Waals surface area contributed by atoms with Crippen LogP contribution < -0.4 is 0 Å². The lowest BCUT2D eigenvalue weighted by Crippen LogP contribution is -2.29. The fraction of sp³-hybridized carbons (Fsp3) is 0.250. The molecule has 0 saturated heterocycles. The highest BCUT2D eigenvalue weighted by molar-refractivity contribution is 5.97. The summed E-state index contributed by atoms with van der Waals surface area (Å²) >= 11 is 0. The van der Waals surface area contributed by atoms with E-state index >= 15 is 0 Å². The lowest BCUT2D eigenvalue weighted by atomic mass is 9.97. The molecule has 5 rings (SSSR count). The summed E-state index contributed by atoms with van der Waals surface area (Å²) in [6, 6.07) is 8.50. The number of aromatic nitrogens is 5. The van der Waals surface area contributed by atoms with Crippen LogP contribution >= 0.6 is 0 Å². The van der Waals surface area contributed by atoms with Crippen LogP contribution in [0.5, 0.6) is 0 Å². The van der Waals surface area contributed by atoms with Crippen LogP contribution in [-0.2, 0) is 11.3 Å². The number of halogens is 1. The third-order valence-corrected chi connectivity index (χ3v) is 5.30. The van der Waals surface area contributed by atoms with Gasteiger partial charge >= 0.3 is 0 Å². The number of ether oxygens (including phenoxy) is 1. The number of fused-ring (bicyclic) bond motifs is 2. The van der Waals surface area contributed by atoms with Crippen molar-refractivity contribution in [2.45, 2.75) is 32.6 Å². The number of pyridine rings is 1. The molecule has 0 amide bonds. The number of hydrogen-bond donors (Lipinski definition) is 1. The molecule has 1 aliphatic rings. The molecular weight excluding hydrogens is 345 g/mol. The van der Waals surface area contributed by atoms with Crippen LogP contribution in [0.4, 0.5) is 4.39 Å². The van der Waals surface area contributed by atoms with Gasteiger partial charge in [0.15, 0.2) is 5.65 Å². The van der Waals surface area contributed by atoms with Crippen LogP contribution in [-0.4, -0.2) is 31.1 Å². The first-order valence-corrected chi connectivity index (χ1v) is 8.91. The molecule has 7 heteroatoms. The Labute approximate surface area is 155 Å². The van der Waals surface area contributed by atoms with Gasteiger partial charge in [-0.1, -0.05) is 0 Å². The summed E-state index contributed by atoms with van der Waals surface area (Å²) in [5.41, 5.74) is 5.36. The van der Waals surface area contributed by atoms with Gasteiger partial charge in [-0.25, -0.2) is 9.37 Å². The predicted octanol–water partition coefficient (Wildman–Crippen LogP) is 4.11. The van der Waals surface area contributed by atoms with Gasteiger partial charge < -0.3 is 4.74 Å². The Bertz CT molecular complexity index is 1130. The van der Waals surface area contributed by atoms with Gasteiger partial charge in [0.2, 0.25) is 0 Å². The van der Waals surface area contributed by atoms with E-state index in [0.29, 0.717) is 6.61 Å². The third-order valence-electron chi connectivity index (χ3n) is 5.30. The molecule has 27 heavy (non-hydrogen) atoms. The summed E-state index contributed by atoms with van der Waals surface area (Å²) in [4.78, 5) is 4.34. The number of H-pyrrole nitrogens is 1. The van der Waals surface area contributed by atoms with E-state index in [9.17, 15) is 4.39 Å². The van der Waals surface area contributed by atoms with Gasteiger partial charge in [-0.05, 0) is 49.7 Å². The average molecular weight is 363 g/mol. The van der Waals surface area contributed by atoms with Gasteiger partial charge in [0.1, 0.15) is 11.5 Å². The zero-order valence-electron chi connectivity index (χ0n) is 15.0. The van der Waals surface area contributed by atoms with Crippen molar-refractivity contribution in [1.82, 2.24) is 25.0 Å². The smallest absolute Gasteiger partial charge is 0.155 e. The van der Waals surface area contributed by atoms with E-state index in [-0.39, 0.29) is 18.0 Å². The highest BCUT2D eigenvalue weighted by atomic mass is 19.1. The van der Waals surface area contributed by atoms with E-state index in [2.05, 4.69) is 22.1 Å². The van der Waals surface area contributed by atoms with Crippen LogP contribution in [0.1, 0.15) is 25.6 Å². The first-order chi connectivity index (χ1) is 13.1. The van der Waals surface area contributed by atoms with Crippen molar-refractivity contribution >= 4 is 11.0 Å². The minimum atomic E-state index is -0.268. The molecule has 6 nitrogen and oxygen atoms in total. The summed E-state index contributed by atoms with van der Waals surface area (Å²) in [6.45, 7) is 4.61. The van der Waals surface area contributed by atoms with E-state index in [1.807, 2.05) is 17.7 Å². The topological polar surface area (TPSA) is 68.6 Å². The Morgan fingerprint density at radius 2 is 2.00 bits per heavy atom. The molecule has 0 fully saturated rings. The Kier molecular flexibility index (Phi) is 3.58. The van der Waals surface area contributed by atoms with E-state index in [4.69, 9.17) is 9.84 Å². The Hall–Kier alpha value is -3.06. The average Bonchev–Trinajstić information content (AvgIpc) is 3.30. The molecule has 0 unspecified atom stereocenters. The van der Waals surface area contributed by atoms with Gasteiger partial charge in [-0.3, -0.25) is 9.78 Å². The minimum Gasteiger partial charge on any atom is -0.370 e. The normalized spacial score (nSPS) is 19.4. The lowest BCUT2D eigenvalue weighted by Gasteiger charge is -2.28. The van der Waals surface area contributed by atoms with Crippen LogP contribution in [0.15, 0.2) is 42.7 Å². The van der Waals surface area contributed by atoms with Crippen LogP contribution in [0.2, 0.25) is 0 Å². The van der Waals surface area contributed by atoms with Gasteiger partial charge in [-0.2, -0.15) is 10.2 Å². The molecule has 0 bridgehead atoms. The van der Waals surface area contributed by atoms with Crippen molar-refractivity contribution in [3.05, 3.63) is 54.2 Å². The van der Waals surface area contributed by atoms with Gasteiger partial charge in [-0.15, -0.1) is 0 Å². The van der Waals surface area contributed by atoms with Crippen LogP contribution in [0.3, 0.4) is 0 Å². The highest BCUT2D eigenvalue weighted by Gasteiger charge is 2.30. The van der Waals surface area contributed by atoms with Crippen molar-refractivity contribution in [1.29, 1.82) is 0 Å². The van der Waals surface area contributed by atoms with Crippen molar-refractivity contribution in [3.63, 3.8) is 0 Å². The maximum absolute atomic E-state index is 13.5. The van der Waals surface area contributed by atoms with E-state index in [1.54, 1.807) is 24.5 Å². The number of nitrogens with zero attached hydrogens (tertiary/aromatic N) is 4. The number of aromatic amines is 1. The van der Waals surface area contributed by atoms with Crippen molar-refractivity contribution in [2.24, 2.45) is 0 Å². The lowest BCUT2D eigenvalue weighted by molar-refractivity contribution is -0.0101. The van der Waals surface area contributed by atoms with Gasteiger partial charge in [0.25, 0.3) is 0 Å². The second-order valence-corrected chi connectivity index (χ2v) is 6.87. The van der Waals surface area contributed by atoms with Crippen LogP contribution in [0.25, 0.3) is 33.4 Å². The molecule has 4 heterocycles. The largest absolute Gasteiger partial charge is 0.370 e. The van der Waals surface area contributed by atoms with E-state index < -0.39 is 0 Å². The number of nitrogens with one attached hydrogen (secondary N) is 1. The molecular formula is C20H18FN5O. The summed E-state index contributed by atoms with van der Waals surface area (Å²) in [6.07, 6.45) is 3.59. The molecule has 0 spiro atoms. The second-order valence-electron chi connectivity index (χ2n) is 6.87. The monoisotopic (exact) mass is 363 g/mol. The summed E-state index contributed by atoms with van der Waals surface area (Å²) in [7, 11) is 0. The Balaban J connectivity index is 1.82. The molecule has 4 aromatic rings. The molecule has 0 aliphatic carbocycles. The van der Waals surface area contributed by atoms with Crippen molar-refractivity contribution in [2.75, 3.05) is 0 Å². The number of hydrogen-bond acceptors (Lipinski definition) is 4. The molecule has 136 valence electrons. The molecule has 1 aliphatic heterocycles. The maximum atomic E-state index is 13.5. The third kappa shape index (κ3) is 2.46. The van der Waals surface area contributed by atoms with Gasteiger partial charge in [0.05, 0.1) is 30.6 Å². The quantitative estimate of drug-likeness (QED) is 0.582. The minimum absolute atomic E-state index is 0.0673. The summed E-state index contributed by atoms with van der Waals surface area (Å²) in [5.74, 6) is -0.268. The fourth-order valence-corrected chi connectivity index (χ4v) is 3.65. The first kappa shape index (κ1) is 16.1. The summed E-state index contributed by atoms with van der Waals surface area (Å²) < 4.78 is 21.5. The number of rotatable bonds is 2. The zero-order valence-corrected chi connectivity index (χ0v) is 15.0. The van der Waals surface area contributed by atoms with Gasteiger partial charge in [0, 0.05) is 22.7 Å². The summed E-state index contributed by atoms with van der Waals surface area (Å²) in [5, 5.41) is 12.9. The Morgan fingerprint density at radius 1 is 1.19 bits per heavy atom. The number of benzene rings is 1. The highest BCUT2D eigenvalue weighted by Crippen LogP contribution is 2.41. The second kappa shape index (κ2) is 5.99. The van der Waals surface area contributed by atoms with Crippen LogP contribution in [0, 0.1) is 5.82 Å². The van der Waals surface area contributed by atoms with E-state index in [1.165, 1.54) is 12.1 Å². The maximum Gasteiger partial charge on any atom is 0.155 e. The molecule has 0 saturated carbocycles. The van der Waals surface area contributed by atoms with Crippen molar-refractivity contribution in [3.8, 4) is 22.4 Å². The molecule has 3 aromatic heterocycles. The molecule has 1 N–H and O–H groups in total. The van der Waals surface area contributed by atoms with E-state index in [0.717, 1.165) is 39.1 Å². The standard InChI is InChI=1S/C20H18FN5O/c1-11-12(2)27-10-17-18(15-7-8-22-20-16(15)9-23-24-20)19(25-26(11)17)13-3-5-14(21)6-4-13/h3-9,11-12H,10H2,1-2H3,(H,22,23,24)/t11-,12-/m0/s1. The molecule has 1 aromatic carbocycles. The van der Waals surface area contributed by atoms with Crippen molar-refractivity contribution < 1.29 is 9.13 Å². The molecule has 0 radical (unpaired) electrons. The Morgan fingerprint density at radius 3 is 2.81 bits per heavy atom. The molecule has 2 atom stereocenters.